The van der Waals surface area contributed by atoms with Crippen LogP contribution >= 0.6 is 0 Å². The second-order valence-corrected chi connectivity index (χ2v) is 10.5. The van der Waals surface area contributed by atoms with Gasteiger partial charge in [-0.1, -0.05) is 19.9 Å². The molecule has 0 spiro atoms. The second kappa shape index (κ2) is 7.46. The number of halogens is 2. The first-order chi connectivity index (χ1) is 17.4. The average molecular weight is 487 g/mol. The molecule has 4 aromatic rings. The Kier molecular flexibility index (Phi) is 4.49. The number of benzene rings is 1. The van der Waals surface area contributed by atoms with Crippen molar-refractivity contribution in [2.24, 2.45) is 5.41 Å². The molecule has 1 saturated carbocycles. The SMILES string of the molecule is CC1(C)[C@H]2CC[C@@]1(c1ccnc(-c3cnn(C4COC4)c3)n1)c1nnc(-c3c(F)cccc3F)cc12. The molecule has 7 nitrogen and oxygen atoms in total. The molecule has 3 aliphatic rings. The van der Waals surface area contributed by atoms with Crippen molar-refractivity contribution >= 4 is 0 Å². The van der Waals surface area contributed by atoms with E-state index in [4.69, 9.17) is 9.72 Å². The van der Waals surface area contributed by atoms with E-state index in [0.717, 1.165) is 35.4 Å². The Morgan fingerprint density at radius 1 is 1.08 bits per heavy atom. The van der Waals surface area contributed by atoms with Gasteiger partial charge in [-0.2, -0.15) is 10.2 Å². The fourth-order valence-corrected chi connectivity index (χ4v) is 6.52. The summed E-state index contributed by atoms with van der Waals surface area (Å²) in [5.41, 5.74) is 2.98. The Morgan fingerprint density at radius 3 is 2.64 bits per heavy atom. The number of aromatic nitrogens is 6. The van der Waals surface area contributed by atoms with Gasteiger partial charge in [-0.25, -0.2) is 18.7 Å². The first-order valence-corrected chi connectivity index (χ1v) is 12.2. The van der Waals surface area contributed by atoms with Crippen LogP contribution in [0, 0.1) is 17.0 Å². The third-order valence-electron chi connectivity index (χ3n) is 8.55. The van der Waals surface area contributed by atoms with Crippen molar-refractivity contribution in [3.05, 3.63) is 77.5 Å². The summed E-state index contributed by atoms with van der Waals surface area (Å²) < 4.78 is 36.2. The third-order valence-corrected chi connectivity index (χ3v) is 8.55. The van der Waals surface area contributed by atoms with Gasteiger partial charge in [0.2, 0.25) is 0 Å². The van der Waals surface area contributed by atoms with Gasteiger partial charge in [-0.05, 0) is 54.0 Å². The van der Waals surface area contributed by atoms with Crippen LogP contribution in [0.5, 0.6) is 0 Å². The molecule has 2 atom stereocenters. The Hall–Kier alpha value is -3.59. The molecular formula is C27H24F2N6O. The number of rotatable bonds is 4. The van der Waals surface area contributed by atoms with Gasteiger partial charge in [0, 0.05) is 12.4 Å². The lowest BCUT2D eigenvalue weighted by Gasteiger charge is -2.37. The molecule has 0 amide bonds. The number of nitrogens with zero attached hydrogens (tertiary/aromatic N) is 6. The molecule has 3 aromatic heterocycles. The highest BCUT2D eigenvalue weighted by Gasteiger charge is 2.65. The maximum absolute atomic E-state index is 14.5. The maximum Gasteiger partial charge on any atom is 0.162 e. The maximum atomic E-state index is 14.5. The first-order valence-electron chi connectivity index (χ1n) is 12.2. The molecule has 2 fully saturated rings. The van der Waals surface area contributed by atoms with Crippen LogP contribution < -0.4 is 0 Å². The third kappa shape index (κ3) is 2.77. The lowest BCUT2D eigenvalue weighted by molar-refractivity contribution is -0.0286. The topological polar surface area (TPSA) is 78.6 Å². The van der Waals surface area contributed by atoms with E-state index in [2.05, 4.69) is 34.1 Å². The van der Waals surface area contributed by atoms with E-state index < -0.39 is 17.0 Å². The quantitative estimate of drug-likeness (QED) is 0.410. The van der Waals surface area contributed by atoms with Gasteiger partial charge in [0.25, 0.3) is 0 Å². The van der Waals surface area contributed by atoms with Crippen molar-refractivity contribution in [2.45, 2.75) is 44.1 Å². The van der Waals surface area contributed by atoms with Crippen LogP contribution in [0.2, 0.25) is 0 Å². The fraction of sp³-hybridized carbons (Fsp3) is 0.370. The molecule has 1 aliphatic heterocycles. The van der Waals surface area contributed by atoms with Gasteiger partial charge >= 0.3 is 0 Å². The number of fused-ring (bicyclic) bond motifs is 5. The number of hydrogen-bond donors (Lipinski definition) is 0. The van der Waals surface area contributed by atoms with Gasteiger partial charge in [0.05, 0.1) is 59.1 Å². The minimum absolute atomic E-state index is 0.138. The van der Waals surface area contributed by atoms with Crippen molar-refractivity contribution in [2.75, 3.05) is 13.2 Å². The number of hydrogen-bond acceptors (Lipinski definition) is 6. The van der Waals surface area contributed by atoms with Gasteiger partial charge in [0.15, 0.2) is 5.82 Å². The van der Waals surface area contributed by atoms with E-state index in [0.29, 0.717) is 19.0 Å². The highest BCUT2D eigenvalue weighted by Crippen LogP contribution is 2.69. The monoisotopic (exact) mass is 486 g/mol. The molecule has 9 heteroatoms. The molecule has 0 unspecified atom stereocenters. The molecule has 0 N–H and O–H groups in total. The lowest BCUT2D eigenvalue weighted by Crippen LogP contribution is -2.38. The van der Waals surface area contributed by atoms with E-state index >= 15 is 0 Å². The summed E-state index contributed by atoms with van der Waals surface area (Å²) >= 11 is 0. The second-order valence-electron chi connectivity index (χ2n) is 10.5. The molecule has 1 saturated heterocycles. The largest absolute Gasteiger partial charge is 0.377 e. The van der Waals surface area contributed by atoms with Crippen LogP contribution in [-0.2, 0) is 10.2 Å². The van der Waals surface area contributed by atoms with E-state index in [1.807, 2.05) is 23.0 Å². The van der Waals surface area contributed by atoms with Gasteiger partial charge in [-0.15, -0.1) is 5.10 Å². The predicted molar refractivity (Wildman–Crippen MR) is 127 cm³/mol. The minimum Gasteiger partial charge on any atom is -0.377 e. The molecule has 7 rings (SSSR count). The molecule has 0 radical (unpaired) electrons. The fourth-order valence-electron chi connectivity index (χ4n) is 6.52. The van der Waals surface area contributed by atoms with Gasteiger partial charge in [-0.3, -0.25) is 4.68 Å². The Labute approximate surface area is 206 Å². The van der Waals surface area contributed by atoms with Crippen LogP contribution in [0.1, 0.15) is 55.6 Å². The van der Waals surface area contributed by atoms with Gasteiger partial charge < -0.3 is 4.74 Å². The molecule has 2 aliphatic carbocycles. The summed E-state index contributed by atoms with van der Waals surface area (Å²) in [6.07, 6.45) is 7.34. The summed E-state index contributed by atoms with van der Waals surface area (Å²) in [7, 11) is 0. The first kappa shape index (κ1) is 21.7. The molecule has 182 valence electrons. The number of ether oxygens (including phenoxy) is 1. The summed E-state index contributed by atoms with van der Waals surface area (Å²) in [4.78, 5) is 9.57. The molecule has 36 heavy (non-hydrogen) atoms. The summed E-state index contributed by atoms with van der Waals surface area (Å²) in [6, 6.07) is 7.87. The predicted octanol–water partition coefficient (Wildman–Crippen LogP) is 4.85. The van der Waals surface area contributed by atoms with Crippen LogP contribution in [0.4, 0.5) is 8.78 Å². The Bertz CT molecular complexity index is 1490. The van der Waals surface area contributed by atoms with Crippen molar-refractivity contribution in [1.82, 2.24) is 29.9 Å². The zero-order chi connectivity index (χ0) is 24.7. The normalized spacial score (nSPS) is 24.1. The molecular weight excluding hydrogens is 462 g/mol. The Balaban J connectivity index is 1.34. The van der Waals surface area contributed by atoms with Crippen LogP contribution in [-0.4, -0.2) is 43.2 Å². The van der Waals surface area contributed by atoms with E-state index in [1.54, 1.807) is 12.4 Å². The molecule has 1 aromatic carbocycles. The summed E-state index contributed by atoms with van der Waals surface area (Å²) in [5, 5.41) is 13.4. The lowest BCUT2D eigenvalue weighted by atomic mass is 9.66. The van der Waals surface area contributed by atoms with E-state index in [1.165, 1.54) is 18.2 Å². The zero-order valence-electron chi connectivity index (χ0n) is 19.9. The Morgan fingerprint density at radius 2 is 1.89 bits per heavy atom. The zero-order valence-corrected chi connectivity index (χ0v) is 19.9. The van der Waals surface area contributed by atoms with Crippen molar-refractivity contribution < 1.29 is 13.5 Å². The average Bonchev–Trinajstić information content (AvgIpc) is 3.46. The highest BCUT2D eigenvalue weighted by molar-refractivity contribution is 5.64. The smallest absolute Gasteiger partial charge is 0.162 e. The van der Waals surface area contributed by atoms with E-state index in [9.17, 15) is 8.78 Å². The van der Waals surface area contributed by atoms with Crippen molar-refractivity contribution in [3.8, 4) is 22.6 Å². The van der Waals surface area contributed by atoms with Crippen molar-refractivity contribution in [1.29, 1.82) is 0 Å². The van der Waals surface area contributed by atoms with Gasteiger partial charge in [0.1, 0.15) is 11.6 Å². The molecule has 2 bridgehead atoms. The highest BCUT2D eigenvalue weighted by atomic mass is 19.1. The standard InChI is InChI=1S/C27H24F2N6O/c1-26(2)18-6-8-27(26,24-17(18)10-21(33-34-24)23-19(28)4-3-5-20(23)29)22-7-9-30-25(32-22)15-11-31-35(12-15)16-13-36-14-16/h3-5,7,9-12,16,18H,6,8,13-14H2,1-2H3/t18-,27+/m0/s1. The van der Waals surface area contributed by atoms with Crippen LogP contribution in [0.3, 0.4) is 0 Å². The van der Waals surface area contributed by atoms with Crippen LogP contribution in [0.15, 0.2) is 48.9 Å². The van der Waals surface area contributed by atoms with Crippen LogP contribution in [0.25, 0.3) is 22.6 Å². The van der Waals surface area contributed by atoms with Crippen molar-refractivity contribution in [3.63, 3.8) is 0 Å². The summed E-state index contributed by atoms with van der Waals surface area (Å²) in [6.45, 7) is 5.78. The van der Waals surface area contributed by atoms with E-state index in [-0.39, 0.29) is 28.6 Å². The molecule has 4 heterocycles. The minimum atomic E-state index is -0.643. The summed E-state index contributed by atoms with van der Waals surface area (Å²) in [5.74, 6) is -0.498.